The summed E-state index contributed by atoms with van der Waals surface area (Å²) >= 11 is 0. The van der Waals surface area contributed by atoms with E-state index in [1.165, 1.54) is 22.3 Å². The van der Waals surface area contributed by atoms with Gasteiger partial charge in [0.15, 0.2) is 0 Å². The van der Waals surface area contributed by atoms with Crippen LogP contribution in [-0.2, 0) is 0 Å². The number of hydrogen-bond donors (Lipinski definition) is 1. The van der Waals surface area contributed by atoms with Gasteiger partial charge in [0.2, 0.25) is 0 Å². The molecule has 4 nitrogen and oxygen atoms in total. The first-order valence-electron chi connectivity index (χ1n) is 6.52. The van der Waals surface area contributed by atoms with Gasteiger partial charge in [-0.1, -0.05) is 53.8 Å². The van der Waals surface area contributed by atoms with Gasteiger partial charge in [-0.3, -0.25) is 0 Å². The Labute approximate surface area is 116 Å². The number of hydrogen-bond acceptors (Lipinski definition) is 4. The van der Waals surface area contributed by atoms with Gasteiger partial charge < -0.3 is 0 Å². The molecule has 0 radical (unpaired) electrons. The van der Waals surface area contributed by atoms with Crippen LogP contribution in [0.5, 0.6) is 0 Å². The highest BCUT2D eigenvalue weighted by molar-refractivity contribution is 5.82. The third-order valence-electron chi connectivity index (χ3n) is 3.72. The topological polar surface area (TPSA) is 49.1 Å². The van der Waals surface area contributed by atoms with Gasteiger partial charge in [-0.2, -0.15) is 10.6 Å². The Kier molecular flexibility index (Phi) is 2.45. The SMILES string of the molecule is C1=NNN=NC(C2c3ccccc3-c3ccccc32)=C1. The first-order valence-corrected chi connectivity index (χ1v) is 6.52. The van der Waals surface area contributed by atoms with Crippen LogP contribution >= 0.6 is 0 Å². The van der Waals surface area contributed by atoms with E-state index in [9.17, 15) is 0 Å². The summed E-state index contributed by atoms with van der Waals surface area (Å²) in [4.78, 5) is 0. The summed E-state index contributed by atoms with van der Waals surface area (Å²) in [6.45, 7) is 0. The Hall–Kier alpha value is -2.75. The van der Waals surface area contributed by atoms with Crippen molar-refractivity contribution in [2.24, 2.45) is 15.4 Å². The molecule has 1 aliphatic heterocycles. The first-order chi connectivity index (χ1) is 9.95. The molecule has 0 atom stereocenters. The number of nitrogens with zero attached hydrogens (tertiary/aromatic N) is 3. The average Bonchev–Trinajstić information content (AvgIpc) is 2.65. The molecule has 4 heteroatoms. The number of rotatable bonds is 1. The van der Waals surface area contributed by atoms with Gasteiger partial charge in [-0.15, -0.1) is 5.11 Å². The molecule has 0 saturated carbocycles. The van der Waals surface area contributed by atoms with E-state index in [1.807, 2.05) is 6.08 Å². The molecule has 96 valence electrons. The van der Waals surface area contributed by atoms with Gasteiger partial charge in [-0.25, -0.2) is 0 Å². The van der Waals surface area contributed by atoms with Crippen LogP contribution in [0.2, 0.25) is 0 Å². The van der Waals surface area contributed by atoms with Crippen molar-refractivity contribution in [2.45, 2.75) is 5.92 Å². The molecular weight excluding hydrogens is 248 g/mol. The molecule has 0 bridgehead atoms. The third kappa shape index (κ3) is 1.58. The van der Waals surface area contributed by atoms with E-state index in [1.54, 1.807) is 6.21 Å². The normalized spacial score (nSPS) is 16.1. The minimum Gasteiger partial charge on any atom is -0.179 e. The molecule has 0 unspecified atom stereocenters. The Bertz CT molecular complexity index is 713. The van der Waals surface area contributed by atoms with Crippen molar-refractivity contribution in [3.8, 4) is 11.1 Å². The van der Waals surface area contributed by atoms with Crippen LogP contribution in [0.1, 0.15) is 17.0 Å². The van der Waals surface area contributed by atoms with Crippen LogP contribution in [0.15, 0.2) is 75.7 Å². The van der Waals surface area contributed by atoms with E-state index in [0.717, 1.165) is 5.70 Å². The summed E-state index contributed by atoms with van der Waals surface area (Å²) in [7, 11) is 0. The molecule has 0 fully saturated rings. The van der Waals surface area contributed by atoms with E-state index >= 15 is 0 Å². The second-order valence-corrected chi connectivity index (χ2v) is 4.78. The van der Waals surface area contributed by atoms with Crippen molar-refractivity contribution in [3.05, 3.63) is 71.4 Å². The molecule has 2 aromatic rings. The highest BCUT2D eigenvalue weighted by Gasteiger charge is 2.31. The van der Waals surface area contributed by atoms with Crippen LogP contribution in [-0.4, -0.2) is 6.21 Å². The highest BCUT2D eigenvalue weighted by Crippen LogP contribution is 2.48. The minimum absolute atomic E-state index is 0.123. The predicted octanol–water partition coefficient (Wildman–Crippen LogP) is 3.64. The molecule has 4 rings (SSSR count). The van der Waals surface area contributed by atoms with Gasteiger partial charge in [-0.05, 0) is 28.3 Å². The number of fused-ring (bicyclic) bond motifs is 3. The van der Waals surface area contributed by atoms with E-state index in [0.29, 0.717) is 0 Å². The van der Waals surface area contributed by atoms with Crippen LogP contribution < -0.4 is 5.53 Å². The molecule has 0 spiro atoms. The largest absolute Gasteiger partial charge is 0.179 e. The summed E-state index contributed by atoms with van der Waals surface area (Å²) < 4.78 is 0. The van der Waals surface area contributed by atoms with Gasteiger partial charge in [0, 0.05) is 0 Å². The summed E-state index contributed by atoms with van der Waals surface area (Å²) in [5.74, 6) is 0.123. The molecule has 1 aliphatic carbocycles. The van der Waals surface area contributed by atoms with Crippen LogP contribution in [0.25, 0.3) is 11.1 Å². The van der Waals surface area contributed by atoms with E-state index < -0.39 is 0 Å². The maximum absolute atomic E-state index is 4.25. The average molecular weight is 260 g/mol. The number of benzene rings is 2. The standard InChI is InChI=1S/C16H12N4/c1-3-7-13-11(5-1)12-6-2-4-8-14(12)16(13)15-9-10-17-19-20-18-15/h1-10,16H,(H,18,19). The zero-order chi connectivity index (χ0) is 13.4. The summed E-state index contributed by atoms with van der Waals surface area (Å²) in [6, 6.07) is 16.9. The molecule has 0 aromatic heterocycles. The van der Waals surface area contributed by atoms with Crippen LogP contribution in [0.4, 0.5) is 0 Å². The quantitative estimate of drug-likeness (QED) is 0.836. The van der Waals surface area contributed by atoms with Gasteiger partial charge in [0.25, 0.3) is 0 Å². The summed E-state index contributed by atoms with van der Waals surface area (Å²) in [5.41, 5.74) is 8.52. The summed E-state index contributed by atoms with van der Waals surface area (Å²) in [6.07, 6.45) is 3.60. The summed E-state index contributed by atoms with van der Waals surface area (Å²) in [5, 5.41) is 12.0. The van der Waals surface area contributed by atoms with E-state index in [4.69, 9.17) is 0 Å². The zero-order valence-corrected chi connectivity index (χ0v) is 10.7. The Morgan fingerprint density at radius 1 is 0.850 bits per heavy atom. The smallest absolute Gasteiger partial charge is 0.0783 e. The zero-order valence-electron chi connectivity index (χ0n) is 10.7. The van der Waals surface area contributed by atoms with Crippen molar-refractivity contribution in [2.75, 3.05) is 0 Å². The van der Waals surface area contributed by atoms with Crippen molar-refractivity contribution in [1.29, 1.82) is 0 Å². The molecule has 0 saturated heterocycles. The molecule has 2 aromatic carbocycles. The number of nitrogens with one attached hydrogen (secondary N) is 1. The first kappa shape index (κ1) is 11.1. The molecular formula is C16H12N4. The lowest BCUT2D eigenvalue weighted by Crippen LogP contribution is -1.99. The van der Waals surface area contributed by atoms with Crippen LogP contribution in [0, 0.1) is 0 Å². The molecule has 1 heterocycles. The van der Waals surface area contributed by atoms with Gasteiger partial charge in [0.1, 0.15) is 0 Å². The van der Waals surface area contributed by atoms with Crippen molar-refractivity contribution < 1.29 is 0 Å². The monoisotopic (exact) mass is 260 g/mol. The van der Waals surface area contributed by atoms with E-state index in [2.05, 4.69) is 69.5 Å². The lowest BCUT2D eigenvalue weighted by molar-refractivity contribution is 0.735. The highest BCUT2D eigenvalue weighted by atomic mass is 15.6. The van der Waals surface area contributed by atoms with Gasteiger partial charge >= 0.3 is 0 Å². The van der Waals surface area contributed by atoms with Crippen molar-refractivity contribution in [3.63, 3.8) is 0 Å². The van der Waals surface area contributed by atoms with Crippen LogP contribution in [0.3, 0.4) is 0 Å². The third-order valence-corrected chi connectivity index (χ3v) is 3.72. The second-order valence-electron chi connectivity index (χ2n) is 4.78. The maximum atomic E-state index is 4.25. The fourth-order valence-electron chi connectivity index (χ4n) is 2.91. The second kappa shape index (κ2) is 4.42. The maximum Gasteiger partial charge on any atom is 0.0783 e. The number of hydrazone groups is 1. The lowest BCUT2D eigenvalue weighted by Gasteiger charge is -2.12. The Morgan fingerprint density at radius 2 is 1.50 bits per heavy atom. The van der Waals surface area contributed by atoms with Crippen molar-refractivity contribution >= 4 is 6.21 Å². The van der Waals surface area contributed by atoms with E-state index in [-0.39, 0.29) is 5.92 Å². The molecule has 1 N–H and O–H groups in total. The Morgan fingerprint density at radius 3 is 2.20 bits per heavy atom. The Balaban J connectivity index is 1.96. The lowest BCUT2D eigenvalue weighted by atomic mass is 9.93. The molecule has 20 heavy (non-hydrogen) atoms. The minimum atomic E-state index is 0.123. The predicted molar refractivity (Wildman–Crippen MR) is 78.3 cm³/mol. The number of allylic oxidation sites excluding steroid dienone is 2. The molecule has 2 aliphatic rings. The fourth-order valence-corrected chi connectivity index (χ4v) is 2.91. The van der Waals surface area contributed by atoms with Crippen molar-refractivity contribution in [1.82, 2.24) is 5.53 Å². The molecule has 0 amide bonds. The van der Waals surface area contributed by atoms with Gasteiger partial charge in [0.05, 0.1) is 17.8 Å². The fraction of sp³-hybridized carbons (Fsp3) is 0.0625.